The van der Waals surface area contributed by atoms with Gasteiger partial charge < -0.3 is 0 Å². The van der Waals surface area contributed by atoms with Crippen LogP contribution in [0.1, 0.15) is 49.2 Å². The van der Waals surface area contributed by atoms with Crippen molar-refractivity contribution in [2.75, 3.05) is 0 Å². The van der Waals surface area contributed by atoms with E-state index in [-0.39, 0.29) is 6.04 Å². The third kappa shape index (κ3) is 2.57. The lowest BCUT2D eigenvalue weighted by Crippen LogP contribution is -2.12. The fraction of sp³-hybridized carbons (Fsp3) is 0.583. The van der Waals surface area contributed by atoms with Crippen LogP contribution in [0.2, 0.25) is 0 Å². The van der Waals surface area contributed by atoms with E-state index in [4.69, 9.17) is 11.6 Å². The second-order valence-electron chi connectivity index (χ2n) is 4.08. The van der Waals surface area contributed by atoms with Crippen LogP contribution in [0.5, 0.6) is 0 Å². The van der Waals surface area contributed by atoms with E-state index in [9.17, 15) is 0 Å². The zero-order valence-electron chi connectivity index (χ0n) is 10.9. The molecular weight excluding hydrogens is 268 g/mol. The minimum atomic E-state index is 0.120. The number of halogens is 1. The minimum absolute atomic E-state index is 0.120. The lowest BCUT2D eigenvalue weighted by atomic mass is 10.3. The summed E-state index contributed by atoms with van der Waals surface area (Å²) >= 11 is 7.41. The molecule has 0 aliphatic heterocycles. The fourth-order valence-corrected chi connectivity index (χ4v) is 2.87. The van der Waals surface area contributed by atoms with E-state index in [2.05, 4.69) is 35.8 Å². The molecule has 0 radical (unpaired) electrons. The Morgan fingerprint density at radius 1 is 1.33 bits per heavy atom. The lowest BCUT2D eigenvalue weighted by Gasteiger charge is -2.10. The molecule has 1 atom stereocenters. The Hall–Kier alpha value is -0.940. The summed E-state index contributed by atoms with van der Waals surface area (Å²) in [5.41, 5.74) is 0.928. The highest BCUT2D eigenvalue weighted by Crippen LogP contribution is 2.23. The molecule has 2 heterocycles. The van der Waals surface area contributed by atoms with Crippen LogP contribution in [0.25, 0.3) is 0 Å². The standard InChI is InChI=1S/C12H17ClN4S/c1-4-10-15-11(5-2)17(16-10)8(3)12-14-9(6-13)7-18-12/h7-8H,4-6H2,1-3H3. The zero-order valence-corrected chi connectivity index (χ0v) is 12.4. The van der Waals surface area contributed by atoms with E-state index in [1.807, 2.05) is 10.1 Å². The van der Waals surface area contributed by atoms with Crippen molar-refractivity contribution in [3.8, 4) is 0 Å². The first-order chi connectivity index (χ1) is 8.69. The smallest absolute Gasteiger partial charge is 0.150 e. The van der Waals surface area contributed by atoms with E-state index in [1.165, 1.54) is 0 Å². The van der Waals surface area contributed by atoms with Crippen LogP contribution < -0.4 is 0 Å². The summed E-state index contributed by atoms with van der Waals surface area (Å²) in [4.78, 5) is 9.04. The number of aryl methyl sites for hydroxylation is 2. The van der Waals surface area contributed by atoms with Gasteiger partial charge in [0.15, 0.2) is 5.82 Å². The van der Waals surface area contributed by atoms with Crippen LogP contribution in [-0.2, 0) is 18.7 Å². The molecule has 0 N–H and O–H groups in total. The first-order valence-corrected chi connectivity index (χ1v) is 7.55. The van der Waals surface area contributed by atoms with Crippen LogP contribution in [0, 0.1) is 0 Å². The van der Waals surface area contributed by atoms with Gasteiger partial charge in [0.05, 0.1) is 11.6 Å². The fourth-order valence-electron chi connectivity index (χ4n) is 1.79. The average Bonchev–Trinajstić information content (AvgIpc) is 3.03. The highest BCUT2D eigenvalue weighted by molar-refractivity contribution is 7.09. The van der Waals surface area contributed by atoms with Crippen molar-refractivity contribution in [2.24, 2.45) is 0 Å². The van der Waals surface area contributed by atoms with Gasteiger partial charge in [-0.15, -0.1) is 22.9 Å². The first kappa shape index (κ1) is 13.5. The third-order valence-corrected chi connectivity index (χ3v) is 4.15. The van der Waals surface area contributed by atoms with Gasteiger partial charge in [-0.2, -0.15) is 5.10 Å². The molecule has 98 valence electrons. The molecule has 0 saturated heterocycles. The maximum absolute atomic E-state index is 5.79. The molecule has 0 bridgehead atoms. The summed E-state index contributed by atoms with van der Waals surface area (Å²) in [6.07, 6.45) is 1.74. The molecule has 0 aromatic carbocycles. The number of hydrogen-bond donors (Lipinski definition) is 0. The summed E-state index contributed by atoms with van der Waals surface area (Å²) in [7, 11) is 0. The van der Waals surface area contributed by atoms with Gasteiger partial charge in [0.25, 0.3) is 0 Å². The van der Waals surface area contributed by atoms with Crippen molar-refractivity contribution in [1.29, 1.82) is 0 Å². The van der Waals surface area contributed by atoms with Gasteiger partial charge in [0.2, 0.25) is 0 Å². The second kappa shape index (κ2) is 5.80. The summed E-state index contributed by atoms with van der Waals surface area (Å²) < 4.78 is 1.98. The molecule has 0 saturated carbocycles. The van der Waals surface area contributed by atoms with Gasteiger partial charge in [0.1, 0.15) is 16.9 Å². The van der Waals surface area contributed by atoms with E-state index < -0.39 is 0 Å². The topological polar surface area (TPSA) is 43.6 Å². The normalized spacial score (nSPS) is 12.9. The summed E-state index contributed by atoms with van der Waals surface area (Å²) in [6, 6.07) is 0.120. The van der Waals surface area contributed by atoms with Crippen molar-refractivity contribution in [3.05, 3.63) is 27.7 Å². The minimum Gasteiger partial charge on any atom is -0.243 e. The monoisotopic (exact) mass is 284 g/mol. The van der Waals surface area contributed by atoms with Crippen molar-refractivity contribution >= 4 is 22.9 Å². The van der Waals surface area contributed by atoms with Gasteiger partial charge >= 0.3 is 0 Å². The van der Waals surface area contributed by atoms with Gasteiger partial charge in [0, 0.05) is 18.2 Å². The third-order valence-electron chi connectivity index (χ3n) is 2.81. The number of rotatable bonds is 5. The Bertz CT molecular complexity index is 520. The molecule has 4 nitrogen and oxygen atoms in total. The molecule has 1 unspecified atom stereocenters. The maximum Gasteiger partial charge on any atom is 0.150 e. The predicted molar refractivity (Wildman–Crippen MR) is 74.3 cm³/mol. The van der Waals surface area contributed by atoms with Crippen LogP contribution in [0.15, 0.2) is 5.38 Å². The molecule has 0 aliphatic rings. The van der Waals surface area contributed by atoms with Crippen molar-refractivity contribution < 1.29 is 0 Å². The molecule has 2 aromatic heterocycles. The zero-order chi connectivity index (χ0) is 13.1. The van der Waals surface area contributed by atoms with Crippen molar-refractivity contribution in [3.63, 3.8) is 0 Å². The molecule has 0 amide bonds. The van der Waals surface area contributed by atoms with Crippen LogP contribution in [-0.4, -0.2) is 19.7 Å². The Labute approximate surface area is 116 Å². The molecular formula is C12H17ClN4S. The van der Waals surface area contributed by atoms with Crippen LogP contribution in [0.3, 0.4) is 0 Å². The molecule has 0 aliphatic carbocycles. The quantitative estimate of drug-likeness (QED) is 0.792. The predicted octanol–water partition coefficient (Wildman–Crippen LogP) is 3.21. The van der Waals surface area contributed by atoms with Crippen LogP contribution in [0.4, 0.5) is 0 Å². The van der Waals surface area contributed by atoms with Crippen LogP contribution >= 0.6 is 22.9 Å². The van der Waals surface area contributed by atoms with Gasteiger partial charge in [-0.3, -0.25) is 0 Å². The van der Waals surface area contributed by atoms with Crippen molar-refractivity contribution in [1.82, 2.24) is 19.7 Å². The van der Waals surface area contributed by atoms with Gasteiger partial charge in [-0.1, -0.05) is 13.8 Å². The highest BCUT2D eigenvalue weighted by Gasteiger charge is 2.17. The summed E-state index contributed by atoms with van der Waals surface area (Å²) in [5, 5.41) is 7.59. The molecule has 18 heavy (non-hydrogen) atoms. The number of hydrogen-bond acceptors (Lipinski definition) is 4. The average molecular weight is 285 g/mol. The highest BCUT2D eigenvalue weighted by atomic mass is 35.5. The Morgan fingerprint density at radius 3 is 2.67 bits per heavy atom. The Balaban J connectivity index is 2.32. The molecule has 6 heteroatoms. The van der Waals surface area contributed by atoms with Crippen molar-refractivity contribution in [2.45, 2.75) is 45.5 Å². The van der Waals surface area contributed by atoms with Gasteiger partial charge in [-0.25, -0.2) is 14.6 Å². The number of thiazole rings is 1. The second-order valence-corrected chi connectivity index (χ2v) is 5.24. The molecule has 0 spiro atoms. The largest absolute Gasteiger partial charge is 0.243 e. The molecule has 2 rings (SSSR count). The Morgan fingerprint density at radius 2 is 2.11 bits per heavy atom. The van der Waals surface area contributed by atoms with Gasteiger partial charge in [-0.05, 0) is 6.92 Å². The number of alkyl halides is 1. The summed E-state index contributed by atoms with van der Waals surface area (Å²) in [5.74, 6) is 2.37. The maximum atomic E-state index is 5.79. The molecule has 0 fully saturated rings. The van der Waals surface area contributed by atoms with E-state index in [1.54, 1.807) is 11.3 Å². The Kier molecular flexibility index (Phi) is 4.35. The molecule has 2 aromatic rings. The van der Waals surface area contributed by atoms with E-state index in [0.29, 0.717) is 5.88 Å². The summed E-state index contributed by atoms with van der Waals surface area (Å²) in [6.45, 7) is 6.27. The number of nitrogens with zero attached hydrogens (tertiary/aromatic N) is 4. The first-order valence-electron chi connectivity index (χ1n) is 6.14. The number of aromatic nitrogens is 4. The SMILES string of the molecule is CCc1nc(CC)n(C(C)c2nc(CCl)cs2)n1. The lowest BCUT2D eigenvalue weighted by molar-refractivity contribution is 0.530. The van der Waals surface area contributed by atoms with E-state index >= 15 is 0 Å². The van der Waals surface area contributed by atoms with E-state index in [0.717, 1.165) is 35.2 Å².